The number of piperazine rings is 1. The van der Waals surface area contributed by atoms with Crippen molar-refractivity contribution in [3.8, 4) is 0 Å². The Kier molecular flexibility index (Phi) is 3.86. The van der Waals surface area contributed by atoms with Crippen molar-refractivity contribution in [2.24, 2.45) is 5.18 Å². The van der Waals surface area contributed by atoms with Gasteiger partial charge in [-0.25, -0.2) is 0 Å². The van der Waals surface area contributed by atoms with Gasteiger partial charge in [0, 0.05) is 31.7 Å². The molecule has 4 nitrogen and oxygen atoms in total. The van der Waals surface area contributed by atoms with Crippen molar-refractivity contribution in [2.45, 2.75) is 32.5 Å². The molecule has 1 N–H and O–H groups in total. The first kappa shape index (κ1) is 12.2. The van der Waals surface area contributed by atoms with Gasteiger partial charge in [-0.1, -0.05) is 12.1 Å². The summed E-state index contributed by atoms with van der Waals surface area (Å²) in [4.78, 5) is 12.8. The normalized spacial score (nSPS) is 25.8. The van der Waals surface area contributed by atoms with Crippen molar-refractivity contribution in [1.29, 1.82) is 0 Å². The van der Waals surface area contributed by atoms with Gasteiger partial charge in [0.2, 0.25) is 0 Å². The van der Waals surface area contributed by atoms with Crippen LogP contribution in [0.4, 0.5) is 5.69 Å². The number of benzene rings is 1. The van der Waals surface area contributed by atoms with Gasteiger partial charge in [0.25, 0.3) is 0 Å². The number of nitrogens with zero attached hydrogens (tertiary/aromatic N) is 2. The van der Waals surface area contributed by atoms with E-state index in [0.29, 0.717) is 17.8 Å². The Bertz CT molecular complexity index is 367. The molecule has 1 saturated heterocycles. The van der Waals surface area contributed by atoms with E-state index in [9.17, 15) is 4.91 Å². The minimum Gasteiger partial charge on any atom is -0.309 e. The fourth-order valence-corrected chi connectivity index (χ4v) is 2.49. The third-order valence-electron chi connectivity index (χ3n) is 3.08. The minimum atomic E-state index is 0.496. The third-order valence-corrected chi connectivity index (χ3v) is 3.08. The highest BCUT2D eigenvalue weighted by Crippen LogP contribution is 2.15. The minimum absolute atomic E-state index is 0.496. The van der Waals surface area contributed by atoms with Gasteiger partial charge in [0.05, 0.1) is 0 Å². The maximum Gasteiger partial charge on any atom is 0.108 e. The SMILES string of the molecule is C[C@@H]1CN(Cc2ccc(N=O)cc2)C[C@H](C)N1. The number of hydrogen-bond donors (Lipinski definition) is 1. The van der Waals surface area contributed by atoms with E-state index in [1.807, 2.05) is 12.1 Å². The Balaban J connectivity index is 1.97. The first-order valence-electron chi connectivity index (χ1n) is 6.08. The molecule has 2 rings (SSSR count). The Morgan fingerprint density at radius 2 is 1.82 bits per heavy atom. The van der Waals surface area contributed by atoms with Crippen LogP contribution in [0.15, 0.2) is 29.4 Å². The zero-order valence-electron chi connectivity index (χ0n) is 10.4. The molecule has 0 bridgehead atoms. The summed E-state index contributed by atoms with van der Waals surface area (Å²) in [6.07, 6.45) is 0. The molecule has 1 aromatic rings. The van der Waals surface area contributed by atoms with E-state index in [0.717, 1.165) is 19.6 Å². The molecule has 4 heteroatoms. The molecule has 0 aromatic heterocycles. The van der Waals surface area contributed by atoms with Crippen molar-refractivity contribution >= 4 is 5.69 Å². The predicted molar refractivity (Wildman–Crippen MR) is 69.2 cm³/mol. The van der Waals surface area contributed by atoms with Crippen LogP contribution in [0.5, 0.6) is 0 Å². The van der Waals surface area contributed by atoms with Crippen LogP contribution in [0.3, 0.4) is 0 Å². The maximum absolute atomic E-state index is 10.3. The zero-order chi connectivity index (χ0) is 12.3. The Labute approximate surface area is 102 Å². The summed E-state index contributed by atoms with van der Waals surface area (Å²) in [7, 11) is 0. The van der Waals surface area contributed by atoms with Gasteiger partial charge >= 0.3 is 0 Å². The molecule has 2 atom stereocenters. The summed E-state index contributed by atoms with van der Waals surface area (Å²) in [6.45, 7) is 7.50. The monoisotopic (exact) mass is 233 g/mol. The van der Waals surface area contributed by atoms with Gasteiger partial charge in [-0.2, -0.15) is 0 Å². The largest absolute Gasteiger partial charge is 0.309 e. The van der Waals surface area contributed by atoms with Gasteiger partial charge < -0.3 is 5.32 Å². The summed E-state index contributed by atoms with van der Waals surface area (Å²) in [5.41, 5.74) is 1.73. The third kappa shape index (κ3) is 3.35. The number of hydrogen-bond acceptors (Lipinski definition) is 4. The fourth-order valence-electron chi connectivity index (χ4n) is 2.49. The summed E-state index contributed by atoms with van der Waals surface area (Å²) in [5.74, 6) is 0. The van der Waals surface area contributed by atoms with Crippen LogP contribution in [-0.4, -0.2) is 30.1 Å². The van der Waals surface area contributed by atoms with E-state index < -0.39 is 0 Å². The second-order valence-electron chi connectivity index (χ2n) is 4.92. The van der Waals surface area contributed by atoms with Crippen LogP contribution in [-0.2, 0) is 6.54 Å². The fraction of sp³-hybridized carbons (Fsp3) is 0.538. The zero-order valence-corrected chi connectivity index (χ0v) is 10.4. The molecule has 0 unspecified atom stereocenters. The molecule has 1 fully saturated rings. The molecular formula is C13H19N3O. The molecule has 92 valence electrons. The molecule has 1 aliphatic heterocycles. The van der Waals surface area contributed by atoms with Crippen molar-refractivity contribution in [3.63, 3.8) is 0 Å². The van der Waals surface area contributed by atoms with Gasteiger partial charge in [-0.3, -0.25) is 4.90 Å². The smallest absolute Gasteiger partial charge is 0.108 e. The molecular weight excluding hydrogens is 214 g/mol. The highest BCUT2D eigenvalue weighted by atomic mass is 16.3. The molecule has 1 heterocycles. The Morgan fingerprint density at radius 1 is 1.24 bits per heavy atom. The predicted octanol–water partition coefficient (Wildman–Crippen LogP) is 2.27. The van der Waals surface area contributed by atoms with Crippen LogP contribution < -0.4 is 5.32 Å². The molecule has 0 saturated carbocycles. The lowest BCUT2D eigenvalue weighted by Gasteiger charge is -2.36. The Morgan fingerprint density at radius 3 is 2.35 bits per heavy atom. The number of nitrogens with one attached hydrogen (secondary N) is 1. The topological polar surface area (TPSA) is 44.7 Å². The molecule has 1 aliphatic rings. The van der Waals surface area contributed by atoms with Gasteiger partial charge in [0.1, 0.15) is 5.69 Å². The van der Waals surface area contributed by atoms with Crippen LogP contribution in [0, 0.1) is 4.91 Å². The first-order valence-corrected chi connectivity index (χ1v) is 6.08. The lowest BCUT2D eigenvalue weighted by molar-refractivity contribution is 0.166. The number of rotatable bonds is 3. The lowest BCUT2D eigenvalue weighted by Crippen LogP contribution is -2.53. The second-order valence-corrected chi connectivity index (χ2v) is 4.92. The van der Waals surface area contributed by atoms with Crippen LogP contribution in [0.1, 0.15) is 19.4 Å². The van der Waals surface area contributed by atoms with Gasteiger partial charge in [0.15, 0.2) is 0 Å². The summed E-state index contributed by atoms with van der Waals surface area (Å²) in [5, 5.41) is 6.42. The summed E-state index contributed by atoms with van der Waals surface area (Å²) >= 11 is 0. The maximum atomic E-state index is 10.3. The van der Waals surface area contributed by atoms with Crippen molar-refractivity contribution < 1.29 is 0 Å². The summed E-state index contributed by atoms with van der Waals surface area (Å²) in [6, 6.07) is 8.58. The van der Waals surface area contributed by atoms with E-state index in [-0.39, 0.29) is 0 Å². The van der Waals surface area contributed by atoms with Crippen LogP contribution in [0.25, 0.3) is 0 Å². The van der Waals surface area contributed by atoms with Gasteiger partial charge in [-0.05, 0) is 36.7 Å². The molecule has 1 aromatic carbocycles. The molecule has 17 heavy (non-hydrogen) atoms. The highest BCUT2D eigenvalue weighted by molar-refractivity contribution is 5.38. The number of nitroso groups, excluding NO2 is 1. The van der Waals surface area contributed by atoms with Gasteiger partial charge in [-0.15, -0.1) is 4.91 Å². The average molecular weight is 233 g/mol. The molecule has 0 amide bonds. The van der Waals surface area contributed by atoms with Crippen LogP contribution in [0.2, 0.25) is 0 Å². The second kappa shape index (κ2) is 5.38. The van der Waals surface area contributed by atoms with E-state index in [1.165, 1.54) is 5.56 Å². The Hall–Kier alpha value is -1.26. The average Bonchev–Trinajstić information content (AvgIpc) is 2.28. The van der Waals surface area contributed by atoms with E-state index in [2.05, 4.69) is 29.2 Å². The van der Waals surface area contributed by atoms with E-state index >= 15 is 0 Å². The van der Waals surface area contributed by atoms with E-state index in [4.69, 9.17) is 0 Å². The van der Waals surface area contributed by atoms with E-state index in [1.54, 1.807) is 12.1 Å². The molecule has 0 aliphatic carbocycles. The van der Waals surface area contributed by atoms with Crippen LogP contribution >= 0.6 is 0 Å². The molecule has 0 spiro atoms. The first-order chi connectivity index (χ1) is 8.17. The standard InChI is InChI=1S/C13H19N3O/c1-10-7-16(8-11(2)14-10)9-12-3-5-13(15-17)6-4-12/h3-6,10-11,14H,7-9H2,1-2H3/t10-,11+. The molecule has 0 radical (unpaired) electrons. The lowest BCUT2D eigenvalue weighted by atomic mass is 10.1. The highest BCUT2D eigenvalue weighted by Gasteiger charge is 2.20. The quantitative estimate of drug-likeness (QED) is 0.814. The van der Waals surface area contributed by atoms with Crippen molar-refractivity contribution in [1.82, 2.24) is 10.2 Å². The van der Waals surface area contributed by atoms with Crippen molar-refractivity contribution in [2.75, 3.05) is 13.1 Å². The van der Waals surface area contributed by atoms with Crippen molar-refractivity contribution in [3.05, 3.63) is 34.7 Å². The summed E-state index contributed by atoms with van der Waals surface area (Å²) < 4.78 is 0.